The fraction of sp³-hybridized carbons (Fsp3) is 0.857. The van der Waals surface area contributed by atoms with Gasteiger partial charge in [0.05, 0.1) is 0 Å². The van der Waals surface area contributed by atoms with Crippen LogP contribution in [0.25, 0.3) is 0 Å². The van der Waals surface area contributed by atoms with E-state index in [-0.39, 0.29) is 0 Å². The topological polar surface area (TPSA) is 59.1 Å². The van der Waals surface area contributed by atoms with Crippen molar-refractivity contribution in [2.45, 2.75) is 25.2 Å². The maximum absolute atomic E-state index is 11.0. The van der Waals surface area contributed by atoms with Gasteiger partial charge in [0.25, 0.3) is 5.79 Å². The van der Waals surface area contributed by atoms with E-state index in [1.54, 1.807) is 13.8 Å². The second kappa shape index (κ2) is 2.27. The third kappa shape index (κ3) is 0.982. The van der Waals surface area contributed by atoms with Crippen molar-refractivity contribution in [2.75, 3.05) is 13.7 Å². The summed E-state index contributed by atoms with van der Waals surface area (Å²) in [6.45, 7) is 2.94. The Hall–Kier alpha value is -0.450. The first-order chi connectivity index (χ1) is 5.00. The minimum atomic E-state index is -1.19. The van der Waals surface area contributed by atoms with Gasteiger partial charge in [0.15, 0.2) is 0 Å². The van der Waals surface area contributed by atoms with E-state index in [0.717, 1.165) is 0 Å². The zero-order valence-electron chi connectivity index (χ0n) is 6.88. The summed E-state index contributed by atoms with van der Waals surface area (Å²) in [5.41, 5.74) is -0.596. The second-order valence-electron chi connectivity index (χ2n) is 3.01. The second-order valence-corrected chi connectivity index (χ2v) is 3.01. The number of hydrogen-bond donors (Lipinski definition) is 1. The molecule has 1 N–H and O–H groups in total. The number of rotatable bonds is 3. The summed E-state index contributed by atoms with van der Waals surface area (Å²) in [5.74, 6) is -1.62. The first kappa shape index (κ1) is 8.64. The van der Waals surface area contributed by atoms with Crippen LogP contribution in [-0.2, 0) is 14.3 Å². The number of methoxy groups -OCH3 is 1. The highest BCUT2D eigenvalue weighted by Crippen LogP contribution is 2.48. The SMILES string of the molecule is COC1(C(=O)CO)OC1(C)C. The Bertz CT molecular complexity index is 187. The average Bonchev–Trinajstić information content (AvgIpc) is 2.53. The van der Waals surface area contributed by atoms with Gasteiger partial charge in [-0.2, -0.15) is 0 Å². The molecule has 4 nitrogen and oxygen atoms in total. The predicted octanol–water partition coefficient (Wildman–Crippen LogP) is -0.301. The molecule has 11 heavy (non-hydrogen) atoms. The van der Waals surface area contributed by atoms with E-state index in [4.69, 9.17) is 14.6 Å². The molecule has 1 aliphatic rings. The molecule has 0 aromatic carbocycles. The summed E-state index contributed by atoms with van der Waals surface area (Å²) < 4.78 is 9.95. The van der Waals surface area contributed by atoms with E-state index in [0.29, 0.717) is 0 Å². The molecule has 0 bridgehead atoms. The Morgan fingerprint density at radius 1 is 1.64 bits per heavy atom. The summed E-state index contributed by atoms with van der Waals surface area (Å²) in [4.78, 5) is 11.0. The zero-order chi connectivity index (χ0) is 8.70. The normalized spacial score (nSPS) is 33.5. The van der Waals surface area contributed by atoms with Gasteiger partial charge in [0.1, 0.15) is 12.2 Å². The highest BCUT2D eigenvalue weighted by Gasteiger charge is 2.69. The Morgan fingerprint density at radius 3 is 2.18 bits per heavy atom. The first-order valence-electron chi connectivity index (χ1n) is 3.39. The third-order valence-corrected chi connectivity index (χ3v) is 1.95. The minimum Gasteiger partial charge on any atom is -0.388 e. The smallest absolute Gasteiger partial charge is 0.261 e. The van der Waals surface area contributed by atoms with Gasteiger partial charge in [0.2, 0.25) is 5.78 Å². The number of epoxide rings is 1. The number of Topliss-reactive ketones (excluding diaryl/α,β-unsaturated/α-hetero) is 1. The van der Waals surface area contributed by atoms with E-state index in [1.165, 1.54) is 7.11 Å². The lowest BCUT2D eigenvalue weighted by Gasteiger charge is -2.08. The highest BCUT2D eigenvalue weighted by atomic mass is 16.8. The number of aliphatic hydroxyl groups excluding tert-OH is 1. The molecule has 0 saturated carbocycles. The van der Waals surface area contributed by atoms with E-state index in [9.17, 15) is 4.79 Å². The molecule has 1 heterocycles. The van der Waals surface area contributed by atoms with Gasteiger partial charge in [-0.05, 0) is 13.8 Å². The summed E-state index contributed by atoms with van der Waals surface area (Å²) in [6, 6.07) is 0. The van der Waals surface area contributed by atoms with Crippen molar-refractivity contribution in [1.29, 1.82) is 0 Å². The molecule has 64 valence electrons. The molecule has 4 heteroatoms. The molecule has 0 amide bonds. The van der Waals surface area contributed by atoms with Crippen molar-refractivity contribution in [3.8, 4) is 0 Å². The van der Waals surface area contributed by atoms with Crippen LogP contribution < -0.4 is 0 Å². The number of aliphatic hydroxyl groups is 1. The number of hydrogen-bond acceptors (Lipinski definition) is 4. The van der Waals surface area contributed by atoms with Crippen LogP contribution in [0.1, 0.15) is 13.8 Å². The molecular formula is C7H12O4. The highest BCUT2D eigenvalue weighted by molar-refractivity contribution is 5.90. The van der Waals surface area contributed by atoms with Gasteiger partial charge < -0.3 is 14.6 Å². The minimum absolute atomic E-state index is 0.426. The number of ketones is 1. The molecule has 1 fully saturated rings. The largest absolute Gasteiger partial charge is 0.388 e. The van der Waals surface area contributed by atoms with Crippen LogP contribution in [0.15, 0.2) is 0 Å². The van der Waals surface area contributed by atoms with Gasteiger partial charge in [-0.3, -0.25) is 4.79 Å². The maximum Gasteiger partial charge on any atom is 0.261 e. The van der Waals surface area contributed by atoms with E-state index < -0.39 is 23.8 Å². The Balaban J connectivity index is 2.75. The van der Waals surface area contributed by atoms with Crippen LogP contribution in [0.4, 0.5) is 0 Å². The Morgan fingerprint density at radius 2 is 2.09 bits per heavy atom. The van der Waals surface area contributed by atoms with E-state index in [1.807, 2.05) is 0 Å². The van der Waals surface area contributed by atoms with Crippen LogP contribution >= 0.6 is 0 Å². The van der Waals surface area contributed by atoms with Crippen LogP contribution in [0.3, 0.4) is 0 Å². The van der Waals surface area contributed by atoms with Crippen molar-refractivity contribution in [3.63, 3.8) is 0 Å². The summed E-state index contributed by atoms with van der Waals surface area (Å²) >= 11 is 0. The van der Waals surface area contributed by atoms with E-state index in [2.05, 4.69) is 0 Å². The zero-order valence-corrected chi connectivity index (χ0v) is 6.88. The quantitative estimate of drug-likeness (QED) is 0.576. The first-order valence-corrected chi connectivity index (χ1v) is 3.39. The Kier molecular flexibility index (Phi) is 1.78. The molecular weight excluding hydrogens is 148 g/mol. The number of ether oxygens (including phenoxy) is 2. The standard InChI is InChI=1S/C7H12O4/c1-6(2)7(10-3,11-6)5(9)4-8/h8H,4H2,1-3H3. The third-order valence-electron chi connectivity index (χ3n) is 1.95. The molecule has 0 spiro atoms. The summed E-state index contributed by atoms with van der Waals surface area (Å²) in [5, 5.41) is 8.56. The maximum atomic E-state index is 11.0. The number of carbonyl (C=O) groups excluding carboxylic acids is 1. The Labute approximate surface area is 65.1 Å². The van der Waals surface area contributed by atoms with Crippen molar-refractivity contribution >= 4 is 5.78 Å². The number of carbonyl (C=O) groups is 1. The van der Waals surface area contributed by atoms with Crippen LogP contribution in [0.2, 0.25) is 0 Å². The fourth-order valence-corrected chi connectivity index (χ4v) is 1.23. The molecule has 1 aliphatic heterocycles. The van der Waals surface area contributed by atoms with Crippen LogP contribution in [0.5, 0.6) is 0 Å². The summed E-state index contributed by atoms with van der Waals surface area (Å²) in [6.07, 6.45) is 0. The molecule has 0 aromatic rings. The monoisotopic (exact) mass is 160 g/mol. The molecule has 1 unspecified atom stereocenters. The molecule has 0 aromatic heterocycles. The lowest BCUT2D eigenvalue weighted by molar-refractivity contribution is -0.143. The fourth-order valence-electron chi connectivity index (χ4n) is 1.23. The van der Waals surface area contributed by atoms with Gasteiger partial charge in [0, 0.05) is 7.11 Å². The van der Waals surface area contributed by atoms with Crippen molar-refractivity contribution in [1.82, 2.24) is 0 Å². The van der Waals surface area contributed by atoms with Gasteiger partial charge >= 0.3 is 0 Å². The van der Waals surface area contributed by atoms with Crippen molar-refractivity contribution < 1.29 is 19.4 Å². The van der Waals surface area contributed by atoms with Gasteiger partial charge in [-0.25, -0.2) is 0 Å². The lowest BCUT2D eigenvalue weighted by Crippen LogP contribution is -2.35. The van der Waals surface area contributed by atoms with Crippen molar-refractivity contribution in [3.05, 3.63) is 0 Å². The predicted molar refractivity (Wildman–Crippen MR) is 37.0 cm³/mol. The lowest BCUT2D eigenvalue weighted by atomic mass is 10.0. The van der Waals surface area contributed by atoms with Crippen molar-refractivity contribution in [2.24, 2.45) is 0 Å². The molecule has 0 aliphatic carbocycles. The molecule has 1 rings (SSSR count). The van der Waals surface area contributed by atoms with Gasteiger partial charge in [-0.15, -0.1) is 0 Å². The molecule has 1 atom stereocenters. The molecule has 0 radical (unpaired) electrons. The van der Waals surface area contributed by atoms with Crippen LogP contribution in [-0.4, -0.2) is 36.0 Å². The average molecular weight is 160 g/mol. The molecule has 1 saturated heterocycles. The van der Waals surface area contributed by atoms with Gasteiger partial charge in [-0.1, -0.05) is 0 Å². The summed E-state index contributed by atoms with van der Waals surface area (Å²) in [7, 11) is 1.39. The van der Waals surface area contributed by atoms with Crippen LogP contribution in [0, 0.1) is 0 Å². The van der Waals surface area contributed by atoms with E-state index >= 15 is 0 Å².